The molecule has 1 aromatic heterocycles. The Bertz CT molecular complexity index is 587. The Labute approximate surface area is 98.9 Å². The number of ether oxygens (including phenoxy) is 1. The number of aromatic nitrogens is 2. The summed E-state index contributed by atoms with van der Waals surface area (Å²) < 4.78 is 7.18. The minimum absolute atomic E-state index is 0.0414. The van der Waals surface area contributed by atoms with Gasteiger partial charge in [-0.2, -0.15) is 0 Å². The number of ketones is 1. The van der Waals surface area contributed by atoms with Crippen LogP contribution < -0.4 is 4.74 Å². The van der Waals surface area contributed by atoms with Crippen LogP contribution in [0.25, 0.3) is 0 Å². The summed E-state index contributed by atoms with van der Waals surface area (Å²) in [6.45, 7) is 0.705. The second-order valence-electron chi connectivity index (χ2n) is 4.17. The van der Waals surface area contributed by atoms with Crippen molar-refractivity contribution in [2.45, 2.75) is 6.42 Å². The van der Waals surface area contributed by atoms with Gasteiger partial charge in [0.05, 0.1) is 12.9 Å². The highest BCUT2D eigenvalue weighted by atomic mass is 16.5. The average Bonchev–Trinajstić information content (AvgIpc) is 2.95. The van der Waals surface area contributed by atoms with E-state index in [1.165, 1.54) is 0 Å². The number of hydrogen-bond donors (Lipinski definition) is 0. The number of rotatable bonds is 2. The third-order valence-corrected chi connectivity index (χ3v) is 2.89. The molecule has 1 aliphatic rings. The summed E-state index contributed by atoms with van der Waals surface area (Å²) >= 11 is 0. The molecule has 17 heavy (non-hydrogen) atoms. The van der Waals surface area contributed by atoms with Crippen molar-refractivity contribution in [1.82, 2.24) is 9.55 Å². The van der Waals surface area contributed by atoms with Crippen LogP contribution in [-0.2, 0) is 13.5 Å². The Morgan fingerprint density at radius 3 is 3.12 bits per heavy atom. The molecule has 0 saturated heterocycles. The van der Waals surface area contributed by atoms with E-state index in [1.807, 2.05) is 19.2 Å². The van der Waals surface area contributed by atoms with Crippen LogP contribution in [0.1, 0.15) is 21.6 Å². The summed E-state index contributed by atoms with van der Waals surface area (Å²) in [5, 5.41) is 0. The third kappa shape index (κ3) is 1.71. The zero-order valence-corrected chi connectivity index (χ0v) is 9.51. The fourth-order valence-electron chi connectivity index (χ4n) is 2.01. The lowest BCUT2D eigenvalue weighted by atomic mass is 10.0. The normalized spacial score (nSPS) is 13.2. The van der Waals surface area contributed by atoms with Crippen LogP contribution in [0.2, 0.25) is 0 Å². The van der Waals surface area contributed by atoms with E-state index in [4.69, 9.17) is 4.74 Å². The largest absolute Gasteiger partial charge is 0.493 e. The van der Waals surface area contributed by atoms with Crippen molar-refractivity contribution >= 4 is 5.78 Å². The first-order valence-corrected chi connectivity index (χ1v) is 5.52. The molecule has 1 aromatic carbocycles. The van der Waals surface area contributed by atoms with Gasteiger partial charge >= 0.3 is 0 Å². The summed E-state index contributed by atoms with van der Waals surface area (Å²) in [7, 11) is 1.85. The monoisotopic (exact) mass is 228 g/mol. The second-order valence-corrected chi connectivity index (χ2v) is 4.17. The molecule has 2 aromatic rings. The van der Waals surface area contributed by atoms with Gasteiger partial charge in [-0.1, -0.05) is 0 Å². The maximum absolute atomic E-state index is 12.1. The van der Waals surface area contributed by atoms with Crippen molar-refractivity contribution in [3.8, 4) is 5.75 Å². The van der Waals surface area contributed by atoms with Crippen LogP contribution in [0.15, 0.2) is 30.7 Å². The molecule has 0 unspecified atom stereocenters. The number of aryl methyl sites for hydroxylation is 1. The number of fused-ring (bicyclic) bond motifs is 1. The number of nitrogens with zero attached hydrogens (tertiary/aromatic N) is 2. The van der Waals surface area contributed by atoms with Gasteiger partial charge in [0, 0.05) is 25.2 Å². The molecule has 0 saturated carbocycles. The van der Waals surface area contributed by atoms with Gasteiger partial charge in [-0.05, 0) is 23.8 Å². The lowest BCUT2D eigenvalue weighted by molar-refractivity contribution is 0.103. The maximum atomic E-state index is 12.1. The van der Waals surface area contributed by atoms with Crippen molar-refractivity contribution in [3.05, 3.63) is 47.5 Å². The summed E-state index contributed by atoms with van der Waals surface area (Å²) in [5.74, 6) is 0.850. The van der Waals surface area contributed by atoms with Gasteiger partial charge in [0.1, 0.15) is 11.4 Å². The van der Waals surface area contributed by atoms with Crippen molar-refractivity contribution in [1.29, 1.82) is 0 Å². The Kier molecular flexibility index (Phi) is 2.21. The third-order valence-electron chi connectivity index (χ3n) is 2.89. The van der Waals surface area contributed by atoms with E-state index in [0.717, 1.165) is 17.7 Å². The van der Waals surface area contributed by atoms with Crippen LogP contribution in [-0.4, -0.2) is 21.9 Å². The van der Waals surface area contributed by atoms with Crippen molar-refractivity contribution in [2.75, 3.05) is 6.61 Å². The molecule has 2 heterocycles. The molecule has 0 amide bonds. The zero-order valence-electron chi connectivity index (χ0n) is 9.51. The smallest absolute Gasteiger partial charge is 0.212 e. The minimum Gasteiger partial charge on any atom is -0.493 e. The molecule has 4 nitrogen and oxygen atoms in total. The fraction of sp³-hybridized carbons (Fsp3) is 0.231. The molecule has 4 heteroatoms. The average molecular weight is 228 g/mol. The fourth-order valence-corrected chi connectivity index (χ4v) is 2.01. The van der Waals surface area contributed by atoms with E-state index in [-0.39, 0.29) is 5.78 Å². The highest BCUT2D eigenvalue weighted by Crippen LogP contribution is 2.26. The lowest BCUT2D eigenvalue weighted by Crippen LogP contribution is -2.02. The van der Waals surface area contributed by atoms with Gasteiger partial charge in [-0.25, -0.2) is 4.98 Å². The number of carbonyl (C=O) groups is 1. The van der Waals surface area contributed by atoms with Crippen molar-refractivity contribution in [2.24, 2.45) is 7.05 Å². The predicted molar refractivity (Wildman–Crippen MR) is 62.3 cm³/mol. The van der Waals surface area contributed by atoms with E-state index in [2.05, 4.69) is 4.98 Å². The molecule has 0 aliphatic carbocycles. The summed E-state index contributed by atoms with van der Waals surface area (Å²) in [4.78, 5) is 16.2. The standard InChI is InChI=1S/C13H12N2O2/c1-15-7-11(14-8-15)13(16)10-2-3-12-9(6-10)4-5-17-12/h2-3,6-8H,4-5H2,1H3. The molecule has 0 bridgehead atoms. The topological polar surface area (TPSA) is 44.1 Å². The first-order chi connectivity index (χ1) is 8.24. The minimum atomic E-state index is -0.0414. The van der Waals surface area contributed by atoms with E-state index in [1.54, 1.807) is 23.2 Å². The molecule has 0 atom stereocenters. The number of hydrogen-bond acceptors (Lipinski definition) is 3. The highest BCUT2D eigenvalue weighted by molar-refractivity contribution is 6.07. The Morgan fingerprint density at radius 1 is 1.47 bits per heavy atom. The van der Waals surface area contributed by atoms with E-state index < -0.39 is 0 Å². The summed E-state index contributed by atoms with van der Waals surface area (Å²) in [5.41, 5.74) is 2.26. The first-order valence-electron chi connectivity index (χ1n) is 5.52. The van der Waals surface area contributed by atoms with Gasteiger partial charge in [0.25, 0.3) is 0 Å². The predicted octanol–water partition coefficient (Wildman–Crippen LogP) is 1.59. The van der Waals surface area contributed by atoms with Crippen LogP contribution >= 0.6 is 0 Å². The van der Waals surface area contributed by atoms with Gasteiger partial charge < -0.3 is 9.30 Å². The number of carbonyl (C=O) groups excluding carboxylic acids is 1. The maximum Gasteiger partial charge on any atom is 0.212 e. The summed E-state index contributed by atoms with van der Waals surface area (Å²) in [6, 6.07) is 5.55. The number of imidazole rings is 1. The summed E-state index contributed by atoms with van der Waals surface area (Å²) in [6.07, 6.45) is 4.23. The van der Waals surface area contributed by atoms with Gasteiger partial charge in [-0.15, -0.1) is 0 Å². The molecule has 86 valence electrons. The zero-order chi connectivity index (χ0) is 11.8. The van der Waals surface area contributed by atoms with Crippen molar-refractivity contribution < 1.29 is 9.53 Å². The van der Waals surface area contributed by atoms with Gasteiger partial charge in [-0.3, -0.25) is 4.79 Å². The second kappa shape index (κ2) is 3.73. The lowest BCUT2D eigenvalue weighted by Gasteiger charge is -2.01. The molecular weight excluding hydrogens is 216 g/mol. The van der Waals surface area contributed by atoms with Crippen LogP contribution in [0.3, 0.4) is 0 Å². The quantitative estimate of drug-likeness (QED) is 0.733. The molecule has 0 spiro atoms. The molecular formula is C13H12N2O2. The molecule has 0 N–H and O–H groups in total. The van der Waals surface area contributed by atoms with Gasteiger partial charge in [0.15, 0.2) is 0 Å². The molecule has 0 radical (unpaired) electrons. The van der Waals surface area contributed by atoms with E-state index >= 15 is 0 Å². The van der Waals surface area contributed by atoms with E-state index in [9.17, 15) is 4.79 Å². The molecule has 0 fully saturated rings. The van der Waals surface area contributed by atoms with Crippen LogP contribution in [0.5, 0.6) is 5.75 Å². The SMILES string of the molecule is Cn1cnc(C(=O)c2ccc3c(c2)CCO3)c1. The Balaban J connectivity index is 1.97. The highest BCUT2D eigenvalue weighted by Gasteiger charge is 2.17. The molecule has 3 rings (SSSR count). The Hall–Kier alpha value is -2.10. The number of benzene rings is 1. The van der Waals surface area contributed by atoms with Crippen LogP contribution in [0.4, 0.5) is 0 Å². The van der Waals surface area contributed by atoms with E-state index in [0.29, 0.717) is 17.9 Å². The molecule has 1 aliphatic heterocycles. The van der Waals surface area contributed by atoms with Crippen LogP contribution in [0, 0.1) is 0 Å². The first kappa shape index (κ1) is 10.1. The Morgan fingerprint density at radius 2 is 2.35 bits per heavy atom. The van der Waals surface area contributed by atoms with Crippen molar-refractivity contribution in [3.63, 3.8) is 0 Å². The van der Waals surface area contributed by atoms with Gasteiger partial charge in [0.2, 0.25) is 5.78 Å².